The number of anilines is 1. The van der Waals surface area contributed by atoms with Crippen molar-refractivity contribution in [1.29, 1.82) is 0 Å². The van der Waals surface area contributed by atoms with Gasteiger partial charge in [0, 0.05) is 44.5 Å². The molecule has 0 N–H and O–H groups in total. The van der Waals surface area contributed by atoms with E-state index in [9.17, 15) is 9.59 Å². The van der Waals surface area contributed by atoms with Gasteiger partial charge >= 0.3 is 0 Å². The Morgan fingerprint density at radius 3 is 1.96 bits per heavy atom. The summed E-state index contributed by atoms with van der Waals surface area (Å²) in [6.45, 7) is 2.67. The summed E-state index contributed by atoms with van der Waals surface area (Å²) >= 11 is 0. The van der Waals surface area contributed by atoms with Gasteiger partial charge in [-0.1, -0.05) is 36.4 Å². The van der Waals surface area contributed by atoms with E-state index in [-0.39, 0.29) is 11.8 Å². The van der Waals surface area contributed by atoms with Crippen molar-refractivity contribution in [3.8, 4) is 0 Å². The molecular weight excluding hydrogens is 314 g/mol. The molecule has 25 heavy (non-hydrogen) atoms. The number of rotatable bonds is 4. The first-order valence-corrected chi connectivity index (χ1v) is 8.53. The predicted octanol–water partition coefficient (Wildman–Crippen LogP) is 2.11. The van der Waals surface area contributed by atoms with Crippen molar-refractivity contribution in [3.63, 3.8) is 0 Å². The molecule has 130 valence electrons. The van der Waals surface area contributed by atoms with E-state index in [2.05, 4.69) is 0 Å². The molecule has 0 saturated carbocycles. The van der Waals surface area contributed by atoms with Gasteiger partial charge in [-0.05, 0) is 24.3 Å². The SMILES string of the molecule is CN(CC(=O)N1CCN(C(=O)c2ccccc2)CC1)c1ccccc1. The first-order valence-electron chi connectivity index (χ1n) is 8.53. The zero-order valence-corrected chi connectivity index (χ0v) is 14.5. The van der Waals surface area contributed by atoms with Gasteiger partial charge in [0.15, 0.2) is 0 Å². The van der Waals surface area contributed by atoms with Crippen molar-refractivity contribution in [2.24, 2.45) is 0 Å². The molecule has 1 aliphatic heterocycles. The van der Waals surface area contributed by atoms with Gasteiger partial charge in [-0.25, -0.2) is 0 Å². The molecule has 1 saturated heterocycles. The number of carbonyl (C=O) groups excluding carboxylic acids is 2. The zero-order chi connectivity index (χ0) is 17.6. The third-order valence-corrected chi connectivity index (χ3v) is 4.51. The molecule has 1 aliphatic rings. The molecule has 0 radical (unpaired) electrons. The number of likely N-dealkylation sites (N-methyl/N-ethyl adjacent to an activating group) is 1. The number of para-hydroxylation sites is 1. The lowest BCUT2D eigenvalue weighted by atomic mass is 10.2. The molecule has 5 nitrogen and oxygen atoms in total. The Hall–Kier alpha value is -2.82. The number of piperazine rings is 1. The molecule has 1 heterocycles. The van der Waals surface area contributed by atoms with Crippen molar-refractivity contribution in [3.05, 3.63) is 66.2 Å². The first-order chi connectivity index (χ1) is 12.1. The van der Waals surface area contributed by atoms with Crippen LogP contribution in [0.4, 0.5) is 5.69 Å². The van der Waals surface area contributed by atoms with Crippen molar-refractivity contribution in [1.82, 2.24) is 9.80 Å². The largest absolute Gasteiger partial charge is 0.365 e. The Kier molecular flexibility index (Phi) is 5.33. The van der Waals surface area contributed by atoms with E-state index < -0.39 is 0 Å². The van der Waals surface area contributed by atoms with Crippen LogP contribution in [0.1, 0.15) is 10.4 Å². The number of benzene rings is 2. The minimum atomic E-state index is 0.0362. The van der Waals surface area contributed by atoms with E-state index in [0.29, 0.717) is 38.3 Å². The van der Waals surface area contributed by atoms with Crippen LogP contribution in [0.25, 0.3) is 0 Å². The Balaban J connectivity index is 1.52. The van der Waals surface area contributed by atoms with Gasteiger partial charge in [0.25, 0.3) is 5.91 Å². The van der Waals surface area contributed by atoms with Crippen LogP contribution in [0.3, 0.4) is 0 Å². The Morgan fingerprint density at radius 1 is 0.840 bits per heavy atom. The highest BCUT2D eigenvalue weighted by Gasteiger charge is 2.25. The minimum absolute atomic E-state index is 0.0362. The number of hydrogen-bond donors (Lipinski definition) is 0. The second-order valence-corrected chi connectivity index (χ2v) is 6.23. The van der Waals surface area contributed by atoms with Gasteiger partial charge in [-0.2, -0.15) is 0 Å². The van der Waals surface area contributed by atoms with Crippen molar-refractivity contribution >= 4 is 17.5 Å². The van der Waals surface area contributed by atoms with Gasteiger partial charge in [0.2, 0.25) is 5.91 Å². The Bertz CT molecular complexity index is 710. The maximum Gasteiger partial charge on any atom is 0.253 e. The molecular formula is C20H23N3O2. The smallest absolute Gasteiger partial charge is 0.253 e. The third kappa shape index (κ3) is 4.18. The summed E-state index contributed by atoms with van der Waals surface area (Å²) in [5, 5.41) is 0. The standard InChI is InChI=1S/C20H23N3O2/c1-21(18-10-6-3-7-11-18)16-19(24)22-12-14-23(15-13-22)20(25)17-8-4-2-5-9-17/h2-11H,12-16H2,1H3. The summed E-state index contributed by atoms with van der Waals surface area (Å²) in [4.78, 5) is 30.6. The number of amides is 2. The number of carbonyl (C=O) groups is 2. The second kappa shape index (κ2) is 7.83. The predicted molar refractivity (Wildman–Crippen MR) is 98.6 cm³/mol. The molecule has 1 fully saturated rings. The first kappa shape index (κ1) is 17.0. The van der Waals surface area contributed by atoms with Gasteiger partial charge in [0.05, 0.1) is 6.54 Å². The molecule has 5 heteroatoms. The van der Waals surface area contributed by atoms with E-state index in [4.69, 9.17) is 0 Å². The van der Waals surface area contributed by atoms with Gasteiger partial charge in [-0.3, -0.25) is 9.59 Å². The van der Waals surface area contributed by atoms with E-state index in [1.54, 1.807) is 0 Å². The topological polar surface area (TPSA) is 43.9 Å². The van der Waals surface area contributed by atoms with Gasteiger partial charge in [-0.15, -0.1) is 0 Å². The summed E-state index contributed by atoms with van der Waals surface area (Å²) in [6.07, 6.45) is 0. The summed E-state index contributed by atoms with van der Waals surface area (Å²) in [5.41, 5.74) is 1.72. The van der Waals surface area contributed by atoms with Crippen molar-refractivity contribution in [2.45, 2.75) is 0 Å². The highest BCUT2D eigenvalue weighted by atomic mass is 16.2. The molecule has 0 aromatic heterocycles. The average molecular weight is 337 g/mol. The highest BCUT2D eigenvalue weighted by molar-refractivity contribution is 5.94. The van der Waals surface area contributed by atoms with Gasteiger partial charge in [0.1, 0.15) is 0 Å². The summed E-state index contributed by atoms with van der Waals surface area (Å²) in [5.74, 6) is 0.132. The van der Waals surface area contributed by atoms with Crippen LogP contribution in [0, 0.1) is 0 Å². The zero-order valence-electron chi connectivity index (χ0n) is 14.5. The molecule has 2 amide bonds. The minimum Gasteiger partial charge on any atom is -0.365 e. The van der Waals surface area contributed by atoms with Crippen LogP contribution in [-0.4, -0.2) is 61.4 Å². The van der Waals surface area contributed by atoms with E-state index >= 15 is 0 Å². The number of nitrogens with zero attached hydrogens (tertiary/aromatic N) is 3. The number of hydrogen-bond acceptors (Lipinski definition) is 3. The molecule has 0 unspecified atom stereocenters. The van der Waals surface area contributed by atoms with Crippen LogP contribution in [0.2, 0.25) is 0 Å². The molecule has 3 rings (SSSR count). The fourth-order valence-electron chi connectivity index (χ4n) is 3.00. The van der Waals surface area contributed by atoms with Crippen molar-refractivity contribution < 1.29 is 9.59 Å². The van der Waals surface area contributed by atoms with E-state index in [1.165, 1.54) is 0 Å². The van der Waals surface area contributed by atoms with Crippen LogP contribution < -0.4 is 4.90 Å². The Labute approximate surface area is 148 Å². The summed E-state index contributed by atoms with van der Waals surface area (Å²) in [6, 6.07) is 19.2. The Morgan fingerprint density at radius 2 is 1.36 bits per heavy atom. The summed E-state index contributed by atoms with van der Waals surface area (Å²) in [7, 11) is 1.92. The summed E-state index contributed by atoms with van der Waals surface area (Å²) < 4.78 is 0. The lowest BCUT2D eigenvalue weighted by Crippen LogP contribution is -2.52. The molecule has 2 aromatic carbocycles. The van der Waals surface area contributed by atoms with E-state index in [1.807, 2.05) is 82.4 Å². The fourth-order valence-corrected chi connectivity index (χ4v) is 3.00. The quantitative estimate of drug-likeness (QED) is 0.858. The van der Waals surface area contributed by atoms with E-state index in [0.717, 1.165) is 5.69 Å². The normalized spacial score (nSPS) is 14.3. The highest BCUT2D eigenvalue weighted by Crippen LogP contribution is 2.12. The fraction of sp³-hybridized carbons (Fsp3) is 0.300. The lowest BCUT2D eigenvalue weighted by Gasteiger charge is -2.35. The molecule has 0 aliphatic carbocycles. The second-order valence-electron chi connectivity index (χ2n) is 6.23. The monoisotopic (exact) mass is 337 g/mol. The maximum atomic E-state index is 12.5. The van der Waals surface area contributed by atoms with Crippen LogP contribution in [0.15, 0.2) is 60.7 Å². The van der Waals surface area contributed by atoms with Crippen LogP contribution in [0.5, 0.6) is 0 Å². The third-order valence-electron chi connectivity index (χ3n) is 4.51. The lowest BCUT2D eigenvalue weighted by molar-refractivity contribution is -0.131. The van der Waals surface area contributed by atoms with Crippen LogP contribution in [-0.2, 0) is 4.79 Å². The van der Waals surface area contributed by atoms with Crippen molar-refractivity contribution in [2.75, 3.05) is 44.7 Å². The molecule has 2 aromatic rings. The maximum absolute atomic E-state index is 12.5. The molecule has 0 bridgehead atoms. The average Bonchev–Trinajstić information content (AvgIpc) is 2.69. The van der Waals surface area contributed by atoms with Crippen LogP contribution >= 0.6 is 0 Å². The molecule has 0 spiro atoms. The molecule has 0 atom stereocenters. The van der Waals surface area contributed by atoms with Gasteiger partial charge < -0.3 is 14.7 Å².